The predicted octanol–water partition coefficient (Wildman–Crippen LogP) is 1.27. The first-order valence-electron chi connectivity index (χ1n) is 9.19. The second kappa shape index (κ2) is 7.43. The standard InChI is InChI=1S/C19H22N6O3/c1-11-3-2-4-12(9-11)21-18(27)13-10-14(26)22-17-15(13)16(20)23-19(24-17)25-5-7-28-8-6-25/h2-4,9,13H,5-8,10H2,1H3,(H,21,27)(H3,20,22,23,24,26)/t13-/m0/s1. The number of fused-ring (bicyclic) bond motifs is 1. The summed E-state index contributed by atoms with van der Waals surface area (Å²) >= 11 is 0. The molecule has 4 rings (SSSR count). The normalized spacial score (nSPS) is 19.0. The van der Waals surface area contributed by atoms with Gasteiger partial charge in [-0.3, -0.25) is 9.59 Å². The Morgan fingerprint density at radius 3 is 2.86 bits per heavy atom. The van der Waals surface area contributed by atoms with Crippen molar-refractivity contribution in [2.75, 3.05) is 47.6 Å². The fourth-order valence-corrected chi connectivity index (χ4v) is 3.46. The van der Waals surface area contributed by atoms with E-state index in [4.69, 9.17) is 10.5 Å². The molecule has 2 aliphatic heterocycles. The van der Waals surface area contributed by atoms with Crippen LogP contribution in [0.3, 0.4) is 0 Å². The van der Waals surface area contributed by atoms with E-state index in [9.17, 15) is 9.59 Å². The number of rotatable bonds is 3. The summed E-state index contributed by atoms with van der Waals surface area (Å²) in [4.78, 5) is 35.9. The number of nitrogens with two attached hydrogens (primary N) is 1. The molecule has 9 heteroatoms. The first kappa shape index (κ1) is 18.2. The highest BCUT2D eigenvalue weighted by molar-refractivity contribution is 6.05. The lowest BCUT2D eigenvalue weighted by Crippen LogP contribution is -2.38. The van der Waals surface area contributed by atoms with Gasteiger partial charge in [-0.2, -0.15) is 9.97 Å². The zero-order chi connectivity index (χ0) is 19.7. The number of nitrogens with zero attached hydrogens (tertiary/aromatic N) is 3. The van der Waals surface area contributed by atoms with Crippen LogP contribution in [-0.2, 0) is 14.3 Å². The number of aryl methyl sites for hydroxylation is 1. The highest BCUT2D eigenvalue weighted by Gasteiger charge is 2.35. The van der Waals surface area contributed by atoms with Crippen molar-refractivity contribution in [3.05, 3.63) is 35.4 Å². The zero-order valence-electron chi connectivity index (χ0n) is 15.6. The van der Waals surface area contributed by atoms with Crippen LogP contribution in [0.2, 0.25) is 0 Å². The summed E-state index contributed by atoms with van der Waals surface area (Å²) in [5, 5.41) is 5.59. The van der Waals surface area contributed by atoms with Crippen LogP contribution >= 0.6 is 0 Å². The van der Waals surface area contributed by atoms with Gasteiger partial charge in [-0.15, -0.1) is 0 Å². The molecule has 2 amide bonds. The molecule has 1 fully saturated rings. The summed E-state index contributed by atoms with van der Waals surface area (Å²) in [7, 11) is 0. The van der Waals surface area contributed by atoms with Gasteiger partial charge in [0.05, 0.1) is 24.7 Å². The summed E-state index contributed by atoms with van der Waals surface area (Å²) < 4.78 is 5.34. The highest BCUT2D eigenvalue weighted by Crippen LogP contribution is 2.36. The third-order valence-corrected chi connectivity index (χ3v) is 4.86. The summed E-state index contributed by atoms with van der Waals surface area (Å²) in [6, 6.07) is 7.47. The molecule has 2 aromatic rings. The van der Waals surface area contributed by atoms with Gasteiger partial charge < -0.3 is 26.0 Å². The molecule has 0 unspecified atom stereocenters. The van der Waals surface area contributed by atoms with Gasteiger partial charge in [0.25, 0.3) is 0 Å². The Morgan fingerprint density at radius 1 is 1.32 bits per heavy atom. The number of hydrogen-bond acceptors (Lipinski definition) is 7. The van der Waals surface area contributed by atoms with E-state index in [0.29, 0.717) is 49.3 Å². The van der Waals surface area contributed by atoms with Crippen molar-refractivity contribution < 1.29 is 14.3 Å². The molecule has 4 N–H and O–H groups in total. The first-order valence-corrected chi connectivity index (χ1v) is 9.19. The van der Waals surface area contributed by atoms with E-state index in [2.05, 4.69) is 20.6 Å². The number of amides is 2. The van der Waals surface area contributed by atoms with Crippen LogP contribution in [-0.4, -0.2) is 48.1 Å². The Bertz CT molecular complexity index is 926. The van der Waals surface area contributed by atoms with Gasteiger partial charge in [0, 0.05) is 25.2 Å². The van der Waals surface area contributed by atoms with E-state index in [1.165, 1.54) is 0 Å². The van der Waals surface area contributed by atoms with E-state index in [0.717, 1.165) is 5.56 Å². The summed E-state index contributed by atoms with van der Waals surface area (Å²) in [5.41, 5.74) is 8.35. The predicted molar refractivity (Wildman–Crippen MR) is 105 cm³/mol. The summed E-state index contributed by atoms with van der Waals surface area (Å²) in [6.45, 7) is 4.38. The van der Waals surface area contributed by atoms with Gasteiger partial charge in [-0.25, -0.2) is 0 Å². The molecule has 146 valence electrons. The second-order valence-corrected chi connectivity index (χ2v) is 6.93. The third kappa shape index (κ3) is 3.61. The van der Waals surface area contributed by atoms with Crippen molar-refractivity contribution >= 4 is 35.1 Å². The zero-order valence-corrected chi connectivity index (χ0v) is 15.6. The molecule has 28 heavy (non-hydrogen) atoms. The number of nitrogens with one attached hydrogen (secondary N) is 2. The minimum absolute atomic E-state index is 0.00485. The molecule has 3 heterocycles. The quantitative estimate of drug-likeness (QED) is 0.730. The Hall–Kier alpha value is -3.20. The number of anilines is 4. The molecule has 0 aliphatic carbocycles. The van der Waals surface area contributed by atoms with Crippen LogP contribution in [0.1, 0.15) is 23.5 Å². The Kier molecular flexibility index (Phi) is 4.82. The maximum atomic E-state index is 12.9. The van der Waals surface area contributed by atoms with E-state index < -0.39 is 5.92 Å². The van der Waals surface area contributed by atoms with Crippen LogP contribution in [0.25, 0.3) is 0 Å². The third-order valence-electron chi connectivity index (χ3n) is 4.86. The van der Waals surface area contributed by atoms with Crippen molar-refractivity contribution in [3.8, 4) is 0 Å². The van der Waals surface area contributed by atoms with E-state index in [-0.39, 0.29) is 24.1 Å². The van der Waals surface area contributed by atoms with E-state index >= 15 is 0 Å². The number of carbonyl (C=O) groups is 2. The topological polar surface area (TPSA) is 122 Å². The van der Waals surface area contributed by atoms with Crippen molar-refractivity contribution in [3.63, 3.8) is 0 Å². The molecular weight excluding hydrogens is 360 g/mol. The average molecular weight is 382 g/mol. The van der Waals surface area contributed by atoms with Crippen LogP contribution in [0.5, 0.6) is 0 Å². The minimum Gasteiger partial charge on any atom is -0.383 e. The maximum absolute atomic E-state index is 12.9. The van der Waals surface area contributed by atoms with Gasteiger partial charge in [0.1, 0.15) is 11.6 Å². The lowest BCUT2D eigenvalue weighted by Gasteiger charge is -2.30. The monoisotopic (exact) mass is 382 g/mol. The summed E-state index contributed by atoms with van der Waals surface area (Å²) in [6.07, 6.45) is -0.00485. The Morgan fingerprint density at radius 2 is 2.11 bits per heavy atom. The van der Waals surface area contributed by atoms with Gasteiger partial charge in [-0.1, -0.05) is 12.1 Å². The SMILES string of the molecule is Cc1cccc(NC(=O)[C@H]2CC(=O)Nc3nc(N4CCOCC4)nc(N)c32)c1. The van der Waals surface area contributed by atoms with Crippen LogP contribution in [0, 0.1) is 6.92 Å². The second-order valence-electron chi connectivity index (χ2n) is 6.93. The molecule has 1 aromatic carbocycles. The summed E-state index contributed by atoms with van der Waals surface area (Å²) in [5.74, 6) is -0.396. The molecule has 0 spiro atoms. The van der Waals surface area contributed by atoms with Gasteiger partial charge >= 0.3 is 0 Å². The number of nitrogen functional groups attached to an aromatic ring is 1. The van der Waals surface area contributed by atoms with Crippen LogP contribution in [0.15, 0.2) is 24.3 Å². The molecule has 1 saturated heterocycles. The number of ether oxygens (including phenoxy) is 1. The molecule has 0 bridgehead atoms. The lowest BCUT2D eigenvalue weighted by atomic mass is 9.91. The molecule has 2 aliphatic rings. The molecule has 0 saturated carbocycles. The highest BCUT2D eigenvalue weighted by atomic mass is 16.5. The number of carbonyl (C=O) groups excluding carboxylic acids is 2. The maximum Gasteiger partial charge on any atom is 0.232 e. The smallest absolute Gasteiger partial charge is 0.232 e. The Balaban J connectivity index is 1.64. The minimum atomic E-state index is -0.747. The van der Waals surface area contributed by atoms with Crippen molar-refractivity contribution in [2.45, 2.75) is 19.3 Å². The van der Waals surface area contributed by atoms with Gasteiger partial charge in [0.15, 0.2) is 0 Å². The largest absolute Gasteiger partial charge is 0.383 e. The van der Waals surface area contributed by atoms with Crippen LogP contribution < -0.4 is 21.3 Å². The molecule has 1 atom stereocenters. The average Bonchev–Trinajstić information content (AvgIpc) is 2.67. The van der Waals surface area contributed by atoms with Crippen molar-refractivity contribution in [2.24, 2.45) is 0 Å². The van der Waals surface area contributed by atoms with Crippen LogP contribution in [0.4, 0.5) is 23.3 Å². The fourth-order valence-electron chi connectivity index (χ4n) is 3.46. The van der Waals surface area contributed by atoms with Crippen molar-refractivity contribution in [1.82, 2.24) is 9.97 Å². The van der Waals surface area contributed by atoms with Gasteiger partial charge in [-0.05, 0) is 24.6 Å². The molecule has 1 aromatic heterocycles. The fraction of sp³-hybridized carbons (Fsp3) is 0.368. The van der Waals surface area contributed by atoms with E-state index in [1.54, 1.807) is 6.07 Å². The first-order chi connectivity index (χ1) is 13.5. The van der Waals surface area contributed by atoms with Crippen molar-refractivity contribution in [1.29, 1.82) is 0 Å². The van der Waals surface area contributed by atoms with E-state index in [1.807, 2.05) is 30.0 Å². The number of aromatic nitrogens is 2. The number of morpholine rings is 1. The lowest BCUT2D eigenvalue weighted by molar-refractivity contribution is -0.123. The molecular formula is C19H22N6O3. The molecule has 0 radical (unpaired) electrons. The number of benzene rings is 1. The van der Waals surface area contributed by atoms with Gasteiger partial charge in [0.2, 0.25) is 17.8 Å². The molecule has 9 nitrogen and oxygen atoms in total. The number of hydrogen-bond donors (Lipinski definition) is 3. The Labute approximate surface area is 162 Å².